The summed E-state index contributed by atoms with van der Waals surface area (Å²) in [6.45, 7) is 0. The van der Waals surface area contributed by atoms with Gasteiger partial charge in [0.1, 0.15) is 27.4 Å². The molecule has 0 aliphatic carbocycles. The largest absolute Gasteiger partial charge is 0.360 e. The lowest BCUT2D eigenvalue weighted by Gasteiger charge is -2.08. The number of benzene rings is 2. The molecule has 2 aromatic carbocycles. The molecular weight excluding hydrogens is 375 g/mol. The number of hydrogen-bond acceptors (Lipinski definition) is 5. The van der Waals surface area contributed by atoms with E-state index in [4.69, 9.17) is 11.6 Å². The Morgan fingerprint density at radius 1 is 1.21 bits per heavy atom. The summed E-state index contributed by atoms with van der Waals surface area (Å²) >= 11 is 6.78. The van der Waals surface area contributed by atoms with Gasteiger partial charge in [0, 0.05) is 22.1 Å². The Morgan fingerprint density at radius 3 is 2.88 bits per heavy atom. The maximum atomic E-state index is 14.1. The maximum Gasteiger partial charge on any atom is 0.264 e. The number of fused-ring (bicyclic) bond motifs is 2. The van der Waals surface area contributed by atoms with Crippen molar-refractivity contribution in [1.29, 1.82) is 0 Å². The van der Waals surface area contributed by atoms with Crippen LogP contribution >= 0.6 is 23.3 Å². The fourth-order valence-corrected chi connectivity index (χ4v) is 4.38. The summed E-state index contributed by atoms with van der Waals surface area (Å²) in [5, 5.41) is 0.932. The Morgan fingerprint density at radius 2 is 2.04 bits per heavy atom. The van der Waals surface area contributed by atoms with Gasteiger partial charge in [-0.25, -0.2) is 12.8 Å². The summed E-state index contributed by atoms with van der Waals surface area (Å²) in [5.74, 6) is -0.721. The third-order valence-corrected chi connectivity index (χ3v) is 5.68. The molecule has 0 bridgehead atoms. The molecule has 0 saturated heterocycles. The first-order valence-electron chi connectivity index (χ1n) is 6.66. The van der Waals surface area contributed by atoms with Crippen molar-refractivity contribution in [3.8, 4) is 0 Å². The summed E-state index contributed by atoms with van der Waals surface area (Å²) in [7, 11) is -4.03. The number of halogens is 2. The molecule has 0 aliphatic heterocycles. The van der Waals surface area contributed by atoms with Crippen LogP contribution in [0.25, 0.3) is 21.9 Å². The summed E-state index contributed by atoms with van der Waals surface area (Å²) in [6.07, 6.45) is 1.33. The number of aromatic amines is 1. The highest BCUT2D eigenvalue weighted by Crippen LogP contribution is 2.30. The molecule has 0 atom stereocenters. The topological polar surface area (TPSA) is 87.7 Å². The molecule has 0 unspecified atom stereocenters. The van der Waals surface area contributed by atoms with E-state index in [1.165, 1.54) is 12.3 Å². The predicted octanol–water partition coefficient (Wildman–Crippen LogP) is 3.77. The van der Waals surface area contributed by atoms with Gasteiger partial charge in [0.25, 0.3) is 10.0 Å². The standard InChI is InChI=1S/C14H8ClFN4O2S2/c15-7-1-2-8-11(5-7)17-6-12(8)24(21,22)20-13-9(16)3-4-10-14(13)19-23-18-10/h1-6,17,20H. The van der Waals surface area contributed by atoms with Crippen molar-refractivity contribution in [2.24, 2.45) is 0 Å². The molecule has 0 radical (unpaired) electrons. The summed E-state index contributed by atoms with van der Waals surface area (Å²) in [6, 6.07) is 7.38. The first-order chi connectivity index (χ1) is 11.5. The van der Waals surface area contributed by atoms with Crippen LogP contribution in [0.2, 0.25) is 5.02 Å². The first-order valence-corrected chi connectivity index (χ1v) is 9.25. The van der Waals surface area contributed by atoms with Gasteiger partial charge in [-0.3, -0.25) is 4.72 Å². The van der Waals surface area contributed by atoms with E-state index >= 15 is 0 Å². The van der Waals surface area contributed by atoms with E-state index in [0.29, 0.717) is 21.4 Å². The van der Waals surface area contributed by atoms with Gasteiger partial charge in [0.05, 0.1) is 11.7 Å². The molecule has 0 aliphatic rings. The summed E-state index contributed by atoms with van der Waals surface area (Å²) < 4.78 is 49.7. The maximum absolute atomic E-state index is 14.1. The normalized spacial score (nSPS) is 12.1. The molecule has 0 amide bonds. The van der Waals surface area contributed by atoms with E-state index in [1.54, 1.807) is 18.2 Å². The molecule has 2 aromatic heterocycles. The molecule has 4 aromatic rings. The number of nitrogens with one attached hydrogen (secondary N) is 2. The number of nitrogens with zero attached hydrogens (tertiary/aromatic N) is 2. The first kappa shape index (κ1) is 15.3. The van der Waals surface area contributed by atoms with Gasteiger partial charge in [-0.05, 0) is 30.3 Å². The number of H-pyrrole nitrogens is 1. The van der Waals surface area contributed by atoms with Crippen LogP contribution < -0.4 is 4.72 Å². The van der Waals surface area contributed by atoms with E-state index in [1.807, 2.05) is 0 Å². The third-order valence-electron chi connectivity index (χ3n) is 3.51. The van der Waals surface area contributed by atoms with E-state index in [9.17, 15) is 12.8 Å². The molecule has 2 N–H and O–H groups in total. The summed E-state index contributed by atoms with van der Waals surface area (Å²) in [4.78, 5) is 2.84. The second-order valence-corrected chi connectivity index (χ2v) is 7.62. The van der Waals surface area contributed by atoms with Crippen LogP contribution in [0, 0.1) is 5.82 Å². The van der Waals surface area contributed by atoms with E-state index in [0.717, 1.165) is 17.8 Å². The number of anilines is 1. The SMILES string of the molecule is O=S(=O)(Nc1c(F)ccc2nsnc12)c1c[nH]c2cc(Cl)ccc12. The second-order valence-electron chi connectivity index (χ2n) is 5.00. The number of hydrogen-bond donors (Lipinski definition) is 2. The lowest BCUT2D eigenvalue weighted by atomic mass is 10.2. The lowest BCUT2D eigenvalue weighted by molar-refractivity contribution is 0.599. The van der Waals surface area contributed by atoms with Crippen molar-refractivity contribution >= 4 is 61.0 Å². The van der Waals surface area contributed by atoms with Crippen LogP contribution in [0.15, 0.2) is 41.4 Å². The summed E-state index contributed by atoms with van der Waals surface area (Å²) in [5.41, 5.74) is 0.942. The Labute approximate surface area is 144 Å². The van der Waals surface area contributed by atoms with Gasteiger partial charge >= 0.3 is 0 Å². The highest BCUT2D eigenvalue weighted by atomic mass is 35.5. The van der Waals surface area contributed by atoms with Crippen LogP contribution in [-0.2, 0) is 10.0 Å². The van der Waals surface area contributed by atoms with Gasteiger partial charge in [-0.2, -0.15) is 8.75 Å². The fourth-order valence-electron chi connectivity index (χ4n) is 2.41. The van der Waals surface area contributed by atoms with Crippen LogP contribution in [0.3, 0.4) is 0 Å². The second kappa shape index (κ2) is 5.40. The Bertz CT molecular complexity index is 1190. The number of aromatic nitrogens is 3. The molecule has 24 heavy (non-hydrogen) atoms. The van der Waals surface area contributed by atoms with Gasteiger partial charge in [-0.1, -0.05) is 11.6 Å². The van der Waals surface area contributed by atoms with Crippen molar-refractivity contribution in [1.82, 2.24) is 13.7 Å². The average Bonchev–Trinajstić information content (AvgIpc) is 3.16. The Kier molecular flexibility index (Phi) is 3.44. The highest BCUT2D eigenvalue weighted by Gasteiger charge is 2.23. The molecule has 0 fully saturated rings. The molecule has 0 spiro atoms. The molecule has 0 saturated carbocycles. The lowest BCUT2D eigenvalue weighted by Crippen LogP contribution is -2.14. The quantitative estimate of drug-likeness (QED) is 0.564. The van der Waals surface area contributed by atoms with E-state index < -0.39 is 15.8 Å². The van der Waals surface area contributed by atoms with Crippen LogP contribution in [0.5, 0.6) is 0 Å². The van der Waals surface area contributed by atoms with Crippen molar-refractivity contribution in [2.75, 3.05) is 4.72 Å². The molecule has 122 valence electrons. The minimum Gasteiger partial charge on any atom is -0.360 e. The predicted molar refractivity (Wildman–Crippen MR) is 91.5 cm³/mol. The van der Waals surface area contributed by atoms with Gasteiger partial charge in [0.15, 0.2) is 0 Å². The zero-order valence-corrected chi connectivity index (χ0v) is 14.1. The average molecular weight is 383 g/mol. The zero-order chi connectivity index (χ0) is 16.9. The minimum atomic E-state index is -4.03. The van der Waals surface area contributed by atoms with E-state index in [2.05, 4.69) is 18.5 Å². The highest BCUT2D eigenvalue weighted by molar-refractivity contribution is 7.93. The molecule has 2 heterocycles. The minimum absolute atomic E-state index is 0.00578. The molecule has 4 rings (SSSR count). The molecular formula is C14H8ClFN4O2S2. The Balaban J connectivity index is 1.85. The molecule has 6 nitrogen and oxygen atoms in total. The van der Waals surface area contributed by atoms with Crippen LogP contribution in [0.4, 0.5) is 10.1 Å². The zero-order valence-electron chi connectivity index (χ0n) is 11.7. The Hall–Kier alpha value is -2.23. The smallest absolute Gasteiger partial charge is 0.264 e. The van der Waals surface area contributed by atoms with Crippen molar-refractivity contribution < 1.29 is 12.8 Å². The van der Waals surface area contributed by atoms with Crippen molar-refractivity contribution in [3.63, 3.8) is 0 Å². The molecule has 10 heteroatoms. The van der Waals surface area contributed by atoms with Gasteiger partial charge in [-0.15, -0.1) is 0 Å². The van der Waals surface area contributed by atoms with Crippen molar-refractivity contribution in [3.05, 3.63) is 47.4 Å². The fraction of sp³-hybridized carbons (Fsp3) is 0. The van der Waals surface area contributed by atoms with Gasteiger partial charge < -0.3 is 4.98 Å². The monoisotopic (exact) mass is 382 g/mol. The third kappa shape index (κ3) is 2.41. The number of sulfonamides is 1. The number of rotatable bonds is 3. The van der Waals surface area contributed by atoms with Crippen LogP contribution in [0.1, 0.15) is 0 Å². The van der Waals surface area contributed by atoms with Gasteiger partial charge in [0.2, 0.25) is 0 Å². The van der Waals surface area contributed by atoms with Crippen LogP contribution in [-0.4, -0.2) is 22.1 Å². The van der Waals surface area contributed by atoms with E-state index in [-0.39, 0.29) is 16.1 Å². The van der Waals surface area contributed by atoms with Crippen molar-refractivity contribution in [2.45, 2.75) is 4.90 Å².